The van der Waals surface area contributed by atoms with Gasteiger partial charge in [0.1, 0.15) is 31.0 Å². The van der Waals surface area contributed by atoms with Gasteiger partial charge in [0.2, 0.25) is 0 Å². The smallest absolute Gasteiger partial charge is 0.303 e. The Kier molecular flexibility index (Phi) is 8.87. The Hall–Kier alpha value is -3.34. The average Bonchev–Trinajstić information content (AvgIpc) is 3.45. The van der Waals surface area contributed by atoms with E-state index in [4.69, 9.17) is 47.4 Å². The summed E-state index contributed by atoms with van der Waals surface area (Å²) in [7, 11) is 0. The second-order valence-corrected chi connectivity index (χ2v) is 9.99. The predicted molar refractivity (Wildman–Crippen MR) is 125 cm³/mol. The summed E-state index contributed by atoms with van der Waals surface area (Å²) in [6.45, 7) is 6.20. The molecule has 228 valence electrons. The van der Waals surface area contributed by atoms with E-state index in [9.17, 15) is 28.8 Å². The molecule has 4 aliphatic rings. The van der Waals surface area contributed by atoms with Crippen LogP contribution in [0.25, 0.3) is 0 Å². The van der Waals surface area contributed by atoms with Crippen LogP contribution in [0.4, 0.5) is 0 Å². The summed E-state index contributed by atoms with van der Waals surface area (Å²) in [5.74, 6) is -4.70. The maximum Gasteiger partial charge on any atom is 0.303 e. The summed E-state index contributed by atoms with van der Waals surface area (Å²) in [6, 6.07) is 0. The van der Waals surface area contributed by atoms with Crippen LogP contribution in [0.15, 0.2) is 0 Å². The second-order valence-electron chi connectivity index (χ2n) is 9.99. The first kappa shape index (κ1) is 30.6. The van der Waals surface area contributed by atoms with E-state index in [1.54, 1.807) is 0 Å². The Balaban J connectivity index is 1.83. The van der Waals surface area contributed by atoms with Crippen molar-refractivity contribution in [1.29, 1.82) is 0 Å². The number of epoxide rings is 1. The van der Waals surface area contributed by atoms with Gasteiger partial charge in [0, 0.05) is 41.5 Å². The summed E-state index contributed by atoms with van der Waals surface area (Å²) < 4.78 is 56.5. The van der Waals surface area contributed by atoms with Crippen molar-refractivity contribution in [3.63, 3.8) is 0 Å². The molecule has 4 aliphatic heterocycles. The fourth-order valence-corrected chi connectivity index (χ4v) is 5.57. The lowest BCUT2D eigenvalue weighted by Gasteiger charge is -2.48. The fourth-order valence-electron chi connectivity index (χ4n) is 5.57. The van der Waals surface area contributed by atoms with Gasteiger partial charge in [0.15, 0.2) is 42.4 Å². The van der Waals surface area contributed by atoms with E-state index in [0.717, 1.165) is 34.6 Å². The molecule has 2 bridgehead atoms. The molecule has 4 heterocycles. The Labute approximate surface area is 234 Å². The van der Waals surface area contributed by atoms with E-state index in [1.807, 2.05) is 0 Å². The molecule has 0 amide bonds. The summed E-state index contributed by atoms with van der Waals surface area (Å²) >= 11 is 0. The number of hydrogen-bond donors (Lipinski definition) is 0. The summed E-state index contributed by atoms with van der Waals surface area (Å²) in [6.07, 6.45) is -12.6. The van der Waals surface area contributed by atoms with Crippen molar-refractivity contribution in [3.8, 4) is 0 Å². The minimum absolute atomic E-state index is 0.0373. The van der Waals surface area contributed by atoms with E-state index >= 15 is 0 Å². The number of fused-ring (bicyclic) bond motifs is 4. The van der Waals surface area contributed by atoms with E-state index in [0.29, 0.717) is 0 Å². The molecule has 0 aliphatic carbocycles. The number of hydrogen-bond acceptors (Lipinski definition) is 16. The van der Waals surface area contributed by atoms with E-state index in [1.165, 1.54) is 6.92 Å². The average molecular weight is 589 g/mol. The first-order chi connectivity index (χ1) is 19.2. The van der Waals surface area contributed by atoms with Gasteiger partial charge in [-0.15, -0.1) is 0 Å². The third-order valence-electron chi connectivity index (χ3n) is 6.84. The van der Waals surface area contributed by atoms with Crippen LogP contribution in [0.3, 0.4) is 0 Å². The highest BCUT2D eigenvalue weighted by Crippen LogP contribution is 2.57. The Morgan fingerprint density at radius 1 is 0.732 bits per heavy atom. The lowest BCUT2D eigenvalue weighted by Crippen LogP contribution is -2.69. The van der Waals surface area contributed by atoms with Gasteiger partial charge in [-0.3, -0.25) is 28.8 Å². The van der Waals surface area contributed by atoms with Crippen LogP contribution >= 0.6 is 0 Å². The zero-order valence-corrected chi connectivity index (χ0v) is 23.2. The lowest BCUT2D eigenvalue weighted by atomic mass is 9.80. The highest BCUT2D eigenvalue weighted by atomic mass is 16.8. The molecule has 4 saturated heterocycles. The molecule has 11 atom stereocenters. The topological polar surface area (TPSA) is 198 Å². The zero-order chi connectivity index (χ0) is 30.2. The van der Waals surface area contributed by atoms with Gasteiger partial charge < -0.3 is 47.4 Å². The first-order valence-electron chi connectivity index (χ1n) is 12.8. The zero-order valence-electron chi connectivity index (χ0n) is 23.2. The second kappa shape index (κ2) is 11.9. The standard InChI is InChI=1S/C25H32O16/c1-9(26)32-7-15-17(34-10(2)27)18(35-11(3)28)19(36-12(4)29)20(39-15)22(38-14(6)31)25-21(37-13(5)30)16-8-33-24(40-16)23(25)41-25/h15-24H,7-8H2,1-6H3/t15-,16-,17-,18+,19-,20-,21+,22+,23+,24-,25+/m1/s1. The highest BCUT2D eigenvalue weighted by Gasteiger charge is 2.81. The van der Waals surface area contributed by atoms with Crippen molar-refractivity contribution in [2.45, 2.75) is 108 Å². The van der Waals surface area contributed by atoms with Gasteiger partial charge in [-0.2, -0.15) is 0 Å². The monoisotopic (exact) mass is 588 g/mol. The molecule has 41 heavy (non-hydrogen) atoms. The summed E-state index contributed by atoms with van der Waals surface area (Å²) in [5, 5.41) is 0. The van der Waals surface area contributed by atoms with Crippen LogP contribution in [0, 0.1) is 0 Å². The molecule has 0 spiro atoms. The summed E-state index contributed by atoms with van der Waals surface area (Å²) in [5.41, 5.74) is -1.61. The molecule has 4 rings (SSSR count). The molecule has 0 aromatic heterocycles. The molecule has 4 fully saturated rings. The number of carbonyl (C=O) groups is 6. The van der Waals surface area contributed by atoms with Gasteiger partial charge in [0.05, 0.1) is 6.61 Å². The van der Waals surface area contributed by atoms with Gasteiger partial charge >= 0.3 is 35.8 Å². The van der Waals surface area contributed by atoms with Crippen LogP contribution in [0.5, 0.6) is 0 Å². The molecule has 16 heteroatoms. The third-order valence-corrected chi connectivity index (χ3v) is 6.84. The minimum Gasteiger partial charge on any atom is -0.463 e. The van der Waals surface area contributed by atoms with Gasteiger partial charge in [0.25, 0.3) is 0 Å². The van der Waals surface area contributed by atoms with Crippen molar-refractivity contribution in [2.24, 2.45) is 0 Å². The number of esters is 6. The van der Waals surface area contributed by atoms with Crippen LogP contribution < -0.4 is 0 Å². The third kappa shape index (κ3) is 6.29. The summed E-state index contributed by atoms with van der Waals surface area (Å²) in [4.78, 5) is 72.8. The number of rotatable bonds is 9. The van der Waals surface area contributed by atoms with Crippen molar-refractivity contribution in [3.05, 3.63) is 0 Å². The van der Waals surface area contributed by atoms with Crippen molar-refractivity contribution in [1.82, 2.24) is 0 Å². The minimum atomic E-state index is -1.61. The van der Waals surface area contributed by atoms with Crippen LogP contribution in [0.1, 0.15) is 41.5 Å². The van der Waals surface area contributed by atoms with E-state index in [-0.39, 0.29) is 6.61 Å². The van der Waals surface area contributed by atoms with E-state index < -0.39 is 109 Å². The molecule has 16 nitrogen and oxygen atoms in total. The first-order valence-corrected chi connectivity index (χ1v) is 12.8. The van der Waals surface area contributed by atoms with Gasteiger partial charge in [-0.05, 0) is 0 Å². The van der Waals surface area contributed by atoms with Gasteiger partial charge in [-0.1, -0.05) is 0 Å². The molecule has 0 aromatic carbocycles. The number of ether oxygens (including phenoxy) is 10. The fraction of sp³-hybridized carbons (Fsp3) is 0.760. The Morgan fingerprint density at radius 3 is 1.88 bits per heavy atom. The maximum absolute atomic E-state index is 12.5. The molecular formula is C25H32O16. The van der Waals surface area contributed by atoms with Crippen LogP contribution in [0.2, 0.25) is 0 Å². The van der Waals surface area contributed by atoms with Crippen molar-refractivity contribution in [2.75, 3.05) is 13.2 Å². The van der Waals surface area contributed by atoms with Gasteiger partial charge in [-0.25, -0.2) is 0 Å². The molecular weight excluding hydrogens is 556 g/mol. The molecule has 0 radical (unpaired) electrons. The quantitative estimate of drug-likeness (QED) is 0.178. The van der Waals surface area contributed by atoms with Crippen molar-refractivity contribution < 1.29 is 76.1 Å². The van der Waals surface area contributed by atoms with Crippen LogP contribution in [-0.2, 0) is 76.1 Å². The molecule has 0 unspecified atom stereocenters. The SMILES string of the molecule is CC(=O)OC[C@H]1O[C@@H]([C@H](OC(C)=O)[C@]23O[C@H]2[C@@H]2OC[C@@H](O2)[C@@H]3OC(C)=O)[C@H](OC(C)=O)[C@@H](OC(C)=O)[C@@H]1OC(C)=O. The molecule has 0 aromatic rings. The highest BCUT2D eigenvalue weighted by molar-refractivity contribution is 5.69. The Bertz CT molecular complexity index is 1090. The molecule has 0 N–H and O–H groups in total. The lowest BCUT2D eigenvalue weighted by molar-refractivity contribution is -0.277. The van der Waals surface area contributed by atoms with Crippen LogP contribution in [-0.4, -0.2) is 116 Å². The maximum atomic E-state index is 12.5. The number of carbonyl (C=O) groups excluding carboxylic acids is 6. The van der Waals surface area contributed by atoms with Crippen molar-refractivity contribution >= 4 is 35.8 Å². The molecule has 0 saturated carbocycles. The van der Waals surface area contributed by atoms with E-state index in [2.05, 4.69) is 0 Å². The largest absolute Gasteiger partial charge is 0.463 e. The normalized spacial score (nSPS) is 37.5. The predicted octanol–water partition coefficient (Wildman–Crippen LogP) is -1.13. The Morgan fingerprint density at radius 2 is 1.32 bits per heavy atom.